The van der Waals surface area contributed by atoms with Crippen LogP contribution in [0, 0.1) is 5.82 Å². The summed E-state index contributed by atoms with van der Waals surface area (Å²) in [7, 11) is 0. The quantitative estimate of drug-likeness (QED) is 0.347. The Morgan fingerprint density at radius 2 is 1.81 bits per heavy atom. The summed E-state index contributed by atoms with van der Waals surface area (Å²) in [4.78, 5) is 11.7. The Labute approximate surface area is 202 Å². The third kappa shape index (κ3) is 6.43. The molecule has 3 heterocycles. The van der Waals surface area contributed by atoms with Gasteiger partial charge in [-0.25, -0.2) is 9.38 Å². The zero-order chi connectivity index (χ0) is 20.8. The number of morpholine rings is 2. The second kappa shape index (κ2) is 12.2. The van der Waals surface area contributed by atoms with E-state index in [0.717, 1.165) is 77.0 Å². The number of nitrogens with one attached hydrogen (secondary N) is 1. The molecule has 174 valence electrons. The van der Waals surface area contributed by atoms with Crippen LogP contribution in [0.5, 0.6) is 0 Å². The van der Waals surface area contributed by atoms with E-state index in [1.54, 1.807) is 6.07 Å². The van der Waals surface area contributed by atoms with Crippen molar-refractivity contribution in [1.29, 1.82) is 0 Å². The van der Waals surface area contributed by atoms with E-state index < -0.39 is 0 Å². The highest BCUT2D eigenvalue weighted by Crippen LogP contribution is 2.22. The number of hydrogen-bond acceptors (Lipinski definition) is 5. The molecule has 0 aromatic heterocycles. The van der Waals surface area contributed by atoms with Gasteiger partial charge in [-0.3, -0.25) is 4.90 Å². The minimum absolute atomic E-state index is 0. The lowest BCUT2D eigenvalue weighted by atomic mass is 10.1. The van der Waals surface area contributed by atoms with Crippen LogP contribution < -0.4 is 10.2 Å². The van der Waals surface area contributed by atoms with E-state index in [1.807, 2.05) is 17.0 Å². The van der Waals surface area contributed by atoms with Crippen molar-refractivity contribution in [2.45, 2.75) is 25.9 Å². The molecule has 3 aliphatic heterocycles. The molecule has 9 heteroatoms. The second-order valence-electron chi connectivity index (χ2n) is 8.09. The first-order valence-corrected chi connectivity index (χ1v) is 11.2. The number of aliphatic imine (C=N–C) groups is 1. The highest BCUT2D eigenvalue weighted by atomic mass is 127. The van der Waals surface area contributed by atoms with E-state index in [-0.39, 0.29) is 29.8 Å². The number of nitrogens with zero attached hydrogens (tertiary/aromatic N) is 4. The Morgan fingerprint density at radius 1 is 1.10 bits per heavy atom. The fourth-order valence-corrected chi connectivity index (χ4v) is 4.48. The van der Waals surface area contributed by atoms with Crippen LogP contribution in [0.4, 0.5) is 10.1 Å². The lowest BCUT2D eigenvalue weighted by Crippen LogP contribution is -2.46. The van der Waals surface area contributed by atoms with Crippen molar-refractivity contribution in [1.82, 2.24) is 15.1 Å². The molecule has 3 fully saturated rings. The van der Waals surface area contributed by atoms with Gasteiger partial charge in [-0.15, -0.1) is 24.0 Å². The number of halogens is 2. The zero-order valence-corrected chi connectivity index (χ0v) is 20.7. The summed E-state index contributed by atoms with van der Waals surface area (Å²) in [5.74, 6) is 0.745. The normalized spacial score (nSPS) is 23.0. The molecule has 0 aliphatic carbocycles. The van der Waals surface area contributed by atoms with Gasteiger partial charge in [0, 0.05) is 51.9 Å². The third-order valence-electron chi connectivity index (χ3n) is 6.14. The summed E-state index contributed by atoms with van der Waals surface area (Å²) in [6.45, 7) is 11.8. The molecule has 4 rings (SSSR count). The maximum absolute atomic E-state index is 14.7. The Morgan fingerprint density at radius 3 is 2.48 bits per heavy atom. The highest BCUT2D eigenvalue weighted by molar-refractivity contribution is 14.0. The van der Waals surface area contributed by atoms with Gasteiger partial charge in [-0.1, -0.05) is 6.07 Å². The number of guanidine groups is 1. The molecule has 1 aromatic carbocycles. The fraction of sp³-hybridized carbons (Fsp3) is 0.682. The van der Waals surface area contributed by atoms with Crippen LogP contribution in [0.3, 0.4) is 0 Å². The molecule has 0 spiro atoms. The zero-order valence-electron chi connectivity index (χ0n) is 18.4. The second-order valence-corrected chi connectivity index (χ2v) is 8.09. The first-order valence-electron chi connectivity index (χ1n) is 11.2. The predicted octanol–water partition coefficient (Wildman–Crippen LogP) is 2.15. The van der Waals surface area contributed by atoms with Gasteiger partial charge in [0.2, 0.25) is 0 Å². The van der Waals surface area contributed by atoms with Crippen molar-refractivity contribution in [2.24, 2.45) is 4.99 Å². The van der Waals surface area contributed by atoms with Crippen molar-refractivity contribution in [2.75, 3.05) is 77.1 Å². The maximum atomic E-state index is 14.7. The minimum Gasteiger partial charge on any atom is -0.379 e. The van der Waals surface area contributed by atoms with Crippen LogP contribution in [0.2, 0.25) is 0 Å². The van der Waals surface area contributed by atoms with Crippen LogP contribution >= 0.6 is 24.0 Å². The first kappa shape index (κ1) is 24.5. The van der Waals surface area contributed by atoms with Crippen LogP contribution in [-0.2, 0) is 16.0 Å². The molecule has 7 nitrogen and oxygen atoms in total. The Bertz CT molecular complexity index is 726. The topological polar surface area (TPSA) is 52.6 Å². The van der Waals surface area contributed by atoms with Crippen molar-refractivity contribution in [3.8, 4) is 0 Å². The third-order valence-corrected chi connectivity index (χ3v) is 6.14. The van der Waals surface area contributed by atoms with E-state index >= 15 is 0 Å². The summed E-state index contributed by atoms with van der Waals surface area (Å²) in [5, 5.41) is 3.41. The molecule has 1 aromatic rings. The summed E-state index contributed by atoms with van der Waals surface area (Å²) in [6.07, 6.45) is 1.15. The summed E-state index contributed by atoms with van der Waals surface area (Å²) >= 11 is 0. The molecule has 3 aliphatic rings. The van der Waals surface area contributed by atoms with Crippen molar-refractivity contribution < 1.29 is 13.9 Å². The molecule has 0 amide bonds. The Balaban J connectivity index is 0.00000272. The van der Waals surface area contributed by atoms with E-state index in [0.29, 0.717) is 31.5 Å². The van der Waals surface area contributed by atoms with Gasteiger partial charge in [0.15, 0.2) is 5.96 Å². The molecule has 1 unspecified atom stereocenters. The maximum Gasteiger partial charge on any atom is 0.194 e. The van der Waals surface area contributed by atoms with E-state index in [2.05, 4.69) is 22.0 Å². The first-order chi connectivity index (χ1) is 14.7. The minimum atomic E-state index is -0.178. The lowest BCUT2D eigenvalue weighted by Gasteiger charge is -2.32. The molecule has 1 atom stereocenters. The molecule has 1 N–H and O–H groups in total. The molecular weight excluding hydrogens is 512 g/mol. The monoisotopic (exact) mass is 547 g/mol. The molecule has 0 radical (unpaired) electrons. The van der Waals surface area contributed by atoms with Gasteiger partial charge in [0.25, 0.3) is 0 Å². The Hall–Kier alpha value is -1.17. The van der Waals surface area contributed by atoms with Gasteiger partial charge in [0.05, 0.1) is 38.7 Å². The van der Waals surface area contributed by atoms with Gasteiger partial charge < -0.3 is 24.6 Å². The standard InChI is InChI=1S/C22H34FN5O2.HI/c1-2-24-22(28-6-5-19(17-28)26-7-11-29-12-8-26)25-16-18-3-4-21(20(23)15-18)27-9-13-30-14-10-27;/h3-4,15,19H,2,5-14,16-17H2,1H3,(H,24,25);1H. The van der Waals surface area contributed by atoms with E-state index in [4.69, 9.17) is 14.5 Å². The van der Waals surface area contributed by atoms with E-state index in [1.165, 1.54) is 0 Å². The average molecular weight is 547 g/mol. The van der Waals surface area contributed by atoms with Gasteiger partial charge >= 0.3 is 0 Å². The fourth-order valence-electron chi connectivity index (χ4n) is 4.48. The summed E-state index contributed by atoms with van der Waals surface area (Å²) < 4.78 is 25.5. The number of hydrogen-bond donors (Lipinski definition) is 1. The summed E-state index contributed by atoms with van der Waals surface area (Å²) in [5.41, 5.74) is 1.55. The van der Waals surface area contributed by atoms with Crippen LogP contribution in [0.15, 0.2) is 23.2 Å². The number of benzene rings is 1. The Kier molecular flexibility index (Phi) is 9.61. The highest BCUT2D eigenvalue weighted by Gasteiger charge is 2.30. The molecule has 31 heavy (non-hydrogen) atoms. The lowest BCUT2D eigenvalue weighted by molar-refractivity contribution is 0.0195. The molecular formula is C22H35FIN5O2. The van der Waals surface area contributed by atoms with Crippen LogP contribution in [0.1, 0.15) is 18.9 Å². The molecule has 3 saturated heterocycles. The summed E-state index contributed by atoms with van der Waals surface area (Å²) in [6, 6.07) is 6.05. The van der Waals surface area contributed by atoms with Gasteiger partial charge in [0.1, 0.15) is 5.82 Å². The van der Waals surface area contributed by atoms with Gasteiger partial charge in [-0.05, 0) is 31.0 Å². The smallest absolute Gasteiger partial charge is 0.194 e. The SMILES string of the molecule is CCNC(=NCc1ccc(N2CCOCC2)c(F)c1)N1CCC(N2CCOCC2)C1.I. The largest absolute Gasteiger partial charge is 0.379 e. The van der Waals surface area contributed by atoms with Crippen molar-refractivity contribution in [3.05, 3.63) is 29.6 Å². The van der Waals surface area contributed by atoms with Crippen LogP contribution in [-0.4, -0.2) is 94.0 Å². The van der Waals surface area contributed by atoms with Gasteiger partial charge in [-0.2, -0.15) is 0 Å². The molecule has 0 bridgehead atoms. The number of ether oxygens (including phenoxy) is 2. The number of likely N-dealkylation sites (tertiary alicyclic amines) is 1. The van der Waals surface area contributed by atoms with E-state index in [9.17, 15) is 4.39 Å². The van der Waals surface area contributed by atoms with Crippen molar-refractivity contribution >= 4 is 35.6 Å². The number of anilines is 1. The predicted molar refractivity (Wildman–Crippen MR) is 132 cm³/mol. The average Bonchev–Trinajstić information content (AvgIpc) is 3.28. The number of rotatable bonds is 5. The van der Waals surface area contributed by atoms with Crippen molar-refractivity contribution in [3.63, 3.8) is 0 Å². The van der Waals surface area contributed by atoms with Crippen LogP contribution in [0.25, 0.3) is 0 Å². The molecule has 0 saturated carbocycles.